The molecule has 1 aliphatic rings. The van der Waals surface area contributed by atoms with E-state index < -0.39 is 0 Å². The number of amides is 1. The Balaban J connectivity index is 2.48. The van der Waals surface area contributed by atoms with Gasteiger partial charge in [-0.05, 0) is 18.3 Å². The molecule has 86 valence electrons. The van der Waals surface area contributed by atoms with Crippen molar-refractivity contribution in [1.29, 1.82) is 0 Å². The van der Waals surface area contributed by atoms with Gasteiger partial charge in [0.1, 0.15) is 6.04 Å². The molecule has 4 heteroatoms. The SMILES string of the molecule is CC(C)CN=C1NC(=O)C(CC(C)C)N1. The summed E-state index contributed by atoms with van der Waals surface area (Å²) in [6.07, 6.45) is 0.854. The largest absolute Gasteiger partial charge is 0.344 e. The van der Waals surface area contributed by atoms with E-state index in [1.54, 1.807) is 0 Å². The van der Waals surface area contributed by atoms with Crippen LogP contribution in [-0.2, 0) is 4.79 Å². The van der Waals surface area contributed by atoms with Crippen LogP contribution in [0.2, 0.25) is 0 Å². The second kappa shape index (κ2) is 5.14. The Morgan fingerprint density at radius 1 is 1.27 bits per heavy atom. The molecule has 0 bridgehead atoms. The predicted octanol–water partition coefficient (Wildman–Crippen LogP) is 1.13. The van der Waals surface area contributed by atoms with E-state index in [1.807, 2.05) is 0 Å². The smallest absolute Gasteiger partial charge is 0.249 e. The fourth-order valence-corrected chi connectivity index (χ4v) is 1.47. The van der Waals surface area contributed by atoms with E-state index >= 15 is 0 Å². The summed E-state index contributed by atoms with van der Waals surface area (Å²) in [6, 6.07) is -0.101. The van der Waals surface area contributed by atoms with Crippen LogP contribution in [0.1, 0.15) is 34.1 Å². The van der Waals surface area contributed by atoms with E-state index in [-0.39, 0.29) is 11.9 Å². The third-order valence-electron chi connectivity index (χ3n) is 2.19. The average molecular weight is 211 g/mol. The minimum Gasteiger partial charge on any atom is -0.344 e. The van der Waals surface area contributed by atoms with Crippen molar-refractivity contribution in [3.8, 4) is 0 Å². The van der Waals surface area contributed by atoms with Crippen LogP contribution in [0.15, 0.2) is 4.99 Å². The number of guanidine groups is 1. The van der Waals surface area contributed by atoms with Crippen LogP contribution >= 0.6 is 0 Å². The summed E-state index contributed by atoms with van der Waals surface area (Å²) in [6.45, 7) is 9.17. The van der Waals surface area contributed by atoms with Crippen LogP contribution in [0, 0.1) is 11.8 Å². The molecule has 1 unspecified atom stereocenters. The van der Waals surface area contributed by atoms with E-state index in [2.05, 4.69) is 43.3 Å². The highest BCUT2D eigenvalue weighted by Crippen LogP contribution is 2.07. The van der Waals surface area contributed by atoms with Crippen LogP contribution in [0.5, 0.6) is 0 Å². The van der Waals surface area contributed by atoms with Crippen molar-refractivity contribution in [3.63, 3.8) is 0 Å². The molecule has 4 nitrogen and oxygen atoms in total. The number of carbonyl (C=O) groups is 1. The van der Waals surface area contributed by atoms with E-state index in [1.165, 1.54) is 0 Å². The van der Waals surface area contributed by atoms with Crippen LogP contribution in [0.25, 0.3) is 0 Å². The lowest BCUT2D eigenvalue weighted by atomic mass is 10.0. The van der Waals surface area contributed by atoms with Gasteiger partial charge in [-0.2, -0.15) is 0 Å². The first-order chi connectivity index (χ1) is 6.99. The quantitative estimate of drug-likeness (QED) is 0.732. The van der Waals surface area contributed by atoms with Crippen LogP contribution in [-0.4, -0.2) is 24.5 Å². The summed E-state index contributed by atoms with van der Waals surface area (Å²) in [5.41, 5.74) is 0. The lowest BCUT2D eigenvalue weighted by Gasteiger charge is -2.09. The van der Waals surface area contributed by atoms with E-state index in [9.17, 15) is 4.79 Å². The average Bonchev–Trinajstić information content (AvgIpc) is 2.43. The third-order valence-corrected chi connectivity index (χ3v) is 2.19. The predicted molar refractivity (Wildman–Crippen MR) is 61.7 cm³/mol. The zero-order valence-corrected chi connectivity index (χ0v) is 10.0. The monoisotopic (exact) mass is 211 g/mol. The molecule has 1 rings (SSSR count). The van der Waals surface area contributed by atoms with Gasteiger partial charge in [0.25, 0.3) is 0 Å². The number of nitrogens with zero attached hydrogens (tertiary/aromatic N) is 1. The highest BCUT2D eigenvalue weighted by atomic mass is 16.2. The molecule has 1 heterocycles. The number of nitrogens with one attached hydrogen (secondary N) is 2. The van der Waals surface area contributed by atoms with Gasteiger partial charge in [0.15, 0.2) is 5.96 Å². The summed E-state index contributed by atoms with van der Waals surface area (Å²) in [5.74, 6) is 1.71. The molecule has 1 aliphatic heterocycles. The van der Waals surface area contributed by atoms with Gasteiger partial charge in [-0.15, -0.1) is 0 Å². The molecule has 0 radical (unpaired) electrons. The van der Waals surface area contributed by atoms with Crippen LogP contribution in [0.3, 0.4) is 0 Å². The van der Waals surface area contributed by atoms with Crippen LogP contribution < -0.4 is 10.6 Å². The maximum Gasteiger partial charge on any atom is 0.249 e. The molecular weight excluding hydrogens is 190 g/mol. The molecule has 1 saturated heterocycles. The zero-order valence-electron chi connectivity index (χ0n) is 10.0. The van der Waals surface area contributed by atoms with Crippen molar-refractivity contribution in [3.05, 3.63) is 0 Å². The molecule has 0 aromatic carbocycles. The first-order valence-electron chi connectivity index (χ1n) is 5.61. The first kappa shape index (κ1) is 12.0. The highest BCUT2D eigenvalue weighted by Gasteiger charge is 2.28. The Hall–Kier alpha value is -1.06. The van der Waals surface area contributed by atoms with Gasteiger partial charge in [0.05, 0.1) is 0 Å². The summed E-state index contributed by atoms with van der Waals surface area (Å²) >= 11 is 0. The molecule has 0 aliphatic carbocycles. The Kier molecular flexibility index (Phi) is 4.12. The molecule has 0 aromatic heterocycles. The van der Waals surface area contributed by atoms with Gasteiger partial charge in [0.2, 0.25) is 5.91 Å². The molecule has 2 N–H and O–H groups in total. The Morgan fingerprint density at radius 2 is 1.93 bits per heavy atom. The maximum atomic E-state index is 11.5. The molecule has 0 spiro atoms. The second-order valence-electron chi connectivity index (χ2n) is 4.90. The van der Waals surface area contributed by atoms with Crippen molar-refractivity contribution in [2.45, 2.75) is 40.2 Å². The first-order valence-corrected chi connectivity index (χ1v) is 5.61. The van der Waals surface area contributed by atoms with E-state index in [4.69, 9.17) is 0 Å². The van der Waals surface area contributed by atoms with Crippen molar-refractivity contribution in [2.75, 3.05) is 6.54 Å². The minimum absolute atomic E-state index is 0.0474. The van der Waals surface area contributed by atoms with Crippen LogP contribution in [0.4, 0.5) is 0 Å². The number of hydrogen-bond donors (Lipinski definition) is 2. The van der Waals surface area contributed by atoms with Gasteiger partial charge >= 0.3 is 0 Å². The molecule has 1 fully saturated rings. The lowest BCUT2D eigenvalue weighted by molar-refractivity contribution is -0.120. The third kappa shape index (κ3) is 3.90. The maximum absolute atomic E-state index is 11.5. The molecular formula is C11H21N3O. The van der Waals surface area contributed by atoms with Crippen molar-refractivity contribution in [1.82, 2.24) is 10.6 Å². The molecule has 0 aromatic rings. The van der Waals surface area contributed by atoms with Crippen molar-refractivity contribution >= 4 is 11.9 Å². The Morgan fingerprint density at radius 3 is 2.47 bits per heavy atom. The second-order valence-corrected chi connectivity index (χ2v) is 4.90. The van der Waals surface area contributed by atoms with Crippen molar-refractivity contribution < 1.29 is 4.79 Å². The van der Waals surface area contributed by atoms with Gasteiger partial charge in [-0.3, -0.25) is 15.1 Å². The standard InChI is InChI=1S/C11H21N3O/c1-7(2)5-9-10(15)14-11(13-9)12-6-8(3)4/h7-9H,5-6H2,1-4H3,(H2,12,13,14,15). The van der Waals surface area contributed by atoms with Crippen molar-refractivity contribution in [2.24, 2.45) is 16.8 Å². The Bertz CT molecular complexity index is 259. The van der Waals surface area contributed by atoms with Gasteiger partial charge < -0.3 is 5.32 Å². The van der Waals surface area contributed by atoms with Gasteiger partial charge in [0, 0.05) is 6.54 Å². The fraction of sp³-hybridized carbons (Fsp3) is 0.818. The summed E-state index contributed by atoms with van der Waals surface area (Å²) in [5, 5.41) is 5.88. The number of hydrogen-bond acceptors (Lipinski definition) is 2. The van der Waals surface area contributed by atoms with Gasteiger partial charge in [-0.25, -0.2) is 0 Å². The summed E-state index contributed by atoms with van der Waals surface area (Å²) in [4.78, 5) is 15.8. The van der Waals surface area contributed by atoms with Gasteiger partial charge in [-0.1, -0.05) is 27.7 Å². The highest BCUT2D eigenvalue weighted by molar-refractivity contribution is 6.06. The lowest BCUT2D eigenvalue weighted by Crippen LogP contribution is -2.30. The fourth-order valence-electron chi connectivity index (χ4n) is 1.47. The van der Waals surface area contributed by atoms with E-state index in [0.29, 0.717) is 17.8 Å². The summed E-state index contributed by atoms with van der Waals surface area (Å²) < 4.78 is 0. The summed E-state index contributed by atoms with van der Waals surface area (Å²) in [7, 11) is 0. The molecule has 1 atom stereocenters. The number of aliphatic imine (C=N–C) groups is 1. The number of rotatable bonds is 4. The number of carbonyl (C=O) groups excluding carboxylic acids is 1. The Labute approximate surface area is 91.5 Å². The molecule has 1 amide bonds. The normalized spacial score (nSPS) is 23.7. The minimum atomic E-state index is -0.101. The molecule has 15 heavy (non-hydrogen) atoms. The zero-order chi connectivity index (χ0) is 11.4. The van der Waals surface area contributed by atoms with E-state index in [0.717, 1.165) is 13.0 Å². The topological polar surface area (TPSA) is 53.5 Å². The molecule has 0 saturated carbocycles.